The first-order valence-electron chi connectivity index (χ1n) is 15.5. The Morgan fingerprint density at radius 3 is 2.56 bits per heavy atom. The SMILES string of the molecule is CSCC[C@@H]1NC(=O)CCCN(C(=O)c2c(C)nc3cc(C)ccn23)CCn2nc(-c3ccccc3)nc2[C@@H](C(C)C)NC1=O. The molecule has 4 aromatic rings. The average Bonchev–Trinajstić information content (AvgIpc) is 3.58. The lowest BCUT2D eigenvalue weighted by Gasteiger charge is -2.28. The predicted molar refractivity (Wildman–Crippen MR) is 176 cm³/mol. The van der Waals surface area contributed by atoms with Gasteiger partial charge < -0.3 is 15.5 Å². The highest BCUT2D eigenvalue weighted by Gasteiger charge is 2.31. The van der Waals surface area contributed by atoms with Gasteiger partial charge in [-0.25, -0.2) is 14.6 Å². The van der Waals surface area contributed by atoms with Crippen molar-refractivity contribution in [3.05, 3.63) is 71.4 Å². The Hall–Kier alpha value is -4.19. The van der Waals surface area contributed by atoms with Crippen LogP contribution in [0, 0.1) is 19.8 Å². The Morgan fingerprint density at radius 1 is 1.04 bits per heavy atom. The third kappa shape index (κ3) is 7.38. The normalized spacial score (nSPS) is 18.4. The van der Waals surface area contributed by atoms with Crippen LogP contribution < -0.4 is 10.6 Å². The highest BCUT2D eigenvalue weighted by molar-refractivity contribution is 7.98. The molecule has 1 aliphatic heterocycles. The molecule has 0 saturated heterocycles. The average molecular weight is 631 g/mol. The number of aromatic nitrogens is 5. The maximum absolute atomic E-state index is 14.2. The van der Waals surface area contributed by atoms with Crippen LogP contribution in [0.2, 0.25) is 0 Å². The van der Waals surface area contributed by atoms with E-state index in [0.29, 0.717) is 55.5 Å². The molecule has 45 heavy (non-hydrogen) atoms. The Kier molecular flexibility index (Phi) is 10.2. The maximum Gasteiger partial charge on any atom is 0.272 e. The standard InChI is InChI=1S/C33H42N8O3S/c1-21(2)28-31-37-30(24-10-7-6-8-11-24)38-41(31)18-17-39(15-9-12-27(42)35-25(14-19-45-5)32(43)36-28)33(44)29-23(4)34-26-20-22(3)13-16-40(26)29/h6-8,10-11,13,16,20-21,25,28H,9,12,14-15,17-19H2,1-5H3,(H,35,42)(H,36,43)/t25-,28+/m0/s1. The van der Waals surface area contributed by atoms with E-state index in [2.05, 4.69) is 15.6 Å². The summed E-state index contributed by atoms with van der Waals surface area (Å²) in [6.07, 6.45) is 4.99. The summed E-state index contributed by atoms with van der Waals surface area (Å²) in [5.41, 5.74) is 3.79. The van der Waals surface area contributed by atoms with Crippen LogP contribution in [0.1, 0.15) is 66.7 Å². The lowest BCUT2D eigenvalue weighted by Crippen LogP contribution is -2.49. The molecule has 0 fully saturated rings. The molecule has 0 saturated carbocycles. The van der Waals surface area contributed by atoms with Crippen molar-refractivity contribution >= 4 is 35.1 Å². The summed E-state index contributed by atoms with van der Waals surface area (Å²) >= 11 is 1.63. The van der Waals surface area contributed by atoms with Gasteiger partial charge in [0.2, 0.25) is 11.8 Å². The molecule has 0 bridgehead atoms. The van der Waals surface area contributed by atoms with Crippen LogP contribution in [0.25, 0.3) is 17.0 Å². The zero-order valence-corrected chi connectivity index (χ0v) is 27.4. The molecule has 0 spiro atoms. The Bertz CT molecular complexity index is 1670. The van der Waals surface area contributed by atoms with Crippen molar-refractivity contribution in [2.75, 3.05) is 25.1 Å². The first-order valence-corrected chi connectivity index (χ1v) is 16.9. The van der Waals surface area contributed by atoms with E-state index < -0.39 is 12.1 Å². The monoisotopic (exact) mass is 630 g/mol. The molecule has 1 aromatic carbocycles. The van der Waals surface area contributed by atoms with Crippen LogP contribution in [0.5, 0.6) is 0 Å². The van der Waals surface area contributed by atoms with Gasteiger partial charge in [0.05, 0.1) is 18.3 Å². The van der Waals surface area contributed by atoms with Gasteiger partial charge >= 0.3 is 0 Å². The van der Waals surface area contributed by atoms with Gasteiger partial charge in [-0.1, -0.05) is 44.2 Å². The van der Waals surface area contributed by atoms with Crippen LogP contribution in [-0.4, -0.2) is 77.9 Å². The summed E-state index contributed by atoms with van der Waals surface area (Å²) in [6.45, 7) is 8.94. The minimum absolute atomic E-state index is 0.0210. The Morgan fingerprint density at radius 2 is 1.82 bits per heavy atom. The smallest absolute Gasteiger partial charge is 0.272 e. The van der Waals surface area contributed by atoms with Gasteiger partial charge in [-0.15, -0.1) is 0 Å². The van der Waals surface area contributed by atoms with Crippen LogP contribution >= 0.6 is 11.8 Å². The molecule has 0 unspecified atom stereocenters. The van der Waals surface area contributed by atoms with Gasteiger partial charge in [-0.3, -0.25) is 18.8 Å². The van der Waals surface area contributed by atoms with E-state index in [1.807, 2.05) is 91.7 Å². The van der Waals surface area contributed by atoms with Crippen molar-refractivity contribution in [3.63, 3.8) is 0 Å². The first kappa shape index (κ1) is 32.2. The number of benzene rings is 1. The second-order valence-electron chi connectivity index (χ2n) is 11.9. The summed E-state index contributed by atoms with van der Waals surface area (Å²) in [5, 5.41) is 11.0. The largest absolute Gasteiger partial charge is 0.344 e. The van der Waals surface area contributed by atoms with Gasteiger partial charge in [0, 0.05) is 31.3 Å². The second-order valence-corrected chi connectivity index (χ2v) is 12.9. The van der Waals surface area contributed by atoms with Gasteiger partial charge in [0.1, 0.15) is 17.4 Å². The number of hydrogen-bond donors (Lipinski definition) is 2. The van der Waals surface area contributed by atoms with Gasteiger partial charge in [-0.05, 0) is 62.3 Å². The quantitative estimate of drug-likeness (QED) is 0.327. The molecule has 5 rings (SSSR count). The van der Waals surface area contributed by atoms with E-state index in [-0.39, 0.29) is 30.1 Å². The molecule has 4 heterocycles. The van der Waals surface area contributed by atoms with Crippen molar-refractivity contribution in [2.24, 2.45) is 5.92 Å². The van der Waals surface area contributed by atoms with Crippen molar-refractivity contribution in [2.45, 2.75) is 65.6 Å². The van der Waals surface area contributed by atoms with E-state index in [1.54, 1.807) is 16.7 Å². The molecule has 0 radical (unpaired) electrons. The number of nitrogens with zero attached hydrogens (tertiary/aromatic N) is 6. The van der Waals surface area contributed by atoms with Crippen molar-refractivity contribution in [1.82, 2.24) is 39.7 Å². The van der Waals surface area contributed by atoms with E-state index in [0.717, 1.165) is 22.5 Å². The van der Waals surface area contributed by atoms with Crippen LogP contribution in [-0.2, 0) is 16.1 Å². The van der Waals surface area contributed by atoms with Crippen LogP contribution in [0.15, 0.2) is 48.7 Å². The molecular formula is C33H42N8O3S. The molecule has 11 nitrogen and oxygen atoms in total. The zero-order valence-electron chi connectivity index (χ0n) is 26.6. The molecule has 1 aliphatic rings. The number of thioether (sulfide) groups is 1. The number of hydrogen-bond acceptors (Lipinski definition) is 7. The fourth-order valence-electron chi connectivity index (χ4n) is 5.64. The molecule has 3 amide bonds. The number of carbonyl (C=O) groups excluding carboxylic acids is 3. The molecule has 3 aromatic heterocycles. The number of aryl methyl sites for hydroxylation is 2. The lowest BCUT2D eigenvalue weighted by molar-refractivity contribution is -0.129. The summed E-state index contributed by atoms with van der Waals surface area (Å²) in [6, 6.07) is 12.5. The number of carbonyl (C=O) groups is 3. The zero-order chi connectivity index (χ0) is 32.1. The second kappa shape index (κ2) is 14.3. The molecule has 0 aliphatic carbocycles. The molecular weight excluding hydrogens is 588 g/mol. The van der Waals surface area contributed by atoms with Gasteiger partial charge in [0.15, 0.2) is 11.6 Å². The summed E-state index contributed by atoms with van der Waals surface area (Å²) in [7, 11) is 0. The number of imidazole rings is 1. The van der Waals surface area contributed by atoms with Crippen LogP contribution in [0.4, 0.5) is 0 Å². The number of fused-ring (bicyclic) bond motifs is 2. The summed E-state index contributed by atoms with van der Waals surface area (Å²) in [5.74, 6) is 1.25. The Labute approximate surface area is 268 Å². The number of rotatable bonds is 6. The third-order valence-corrected chi connectivity index (χ3v) is 8.74. The topological polar surface area (TPSA) is 127 Å². The molecule has 2 atom stereocenters. The first-order chi connectivity index (χ1) is 21.7. The minimum atomic E-state index is -0.680. The highest BCUT2D eigenvalue weighted by Crippen LogP contribution is 2.25. The number of nitrogens with one attached hydrogen (secondary N) is 2. The van der Waals surface area contributed by atoms with Crippen molar-refractivity contribution in [3.8, 4) is 11.4 Å². The highest BCUT2D eigenvalue weighted by atomic mass is 32.2. The van der Waals surface area contributed by atoms with Crippen LogP contribution in [0.3, 0.4) is 0 Å². The molecule has 2 N–H and O–H groups in total. The minimum Gasteiger partial charge on any atom is -0.344 e. The third-order valence-electron chi connectivity index (χ3n) is 8.10. The van der Waals surface area contributed by atoms with Crippen molar-refractivity contribution < 1.29 is 14.4 Å². The lowest BCUT2D eigenvalue weighted by atomic mass is 10.0. The van der Waals surface area contributed by atoms with E-state index in [9.17, 15) is 14.4 Å². The fourth-order valence-corrected chi connectivity index (χ4v) is 6.12. The summed E-state index contributed by atoms with van der Waals surface area (Å²) < 4.78 is 3.65. The number of pyridine rings is 1. The predicted octanol–water partition coefficient (Wildman–Crippen LogP) is 4.20. The molecule has 12 heteroatoms. The summed E-state index contributed by atoms with van der Waals surface area (Å²) in [4.78, 5) is 52.2. The fraction of sp³-hybridized carbons (Fsp3) is 0.455. The molecule has 238 valence electrons. The van der Waals surface area contributed by atoms with Gasteiger partial charge in [0.25, 0.3) is 5.91 Å². The number of amides is 3. The van der Waals surface area contributed by atoms with Crippen molar-refractivity contribution in [1.29, 1.82) is 0 Å². The van der Waals surface area contributed by atoms with E-state index in [4.69, 9.17) is 10.1 Å². The maximum atomic E-state index is 14.2. The van der Waals surface area contributed by atoms with Gasteiger partial charge in [-0.2, -0.15) is 16.9 Å². The van der Waals surface area contributed by atoms with E-state index >= 15 is 0 Å². The Balaban J connectivity index is 1.55. The van der Waals surface area contributed by atoms with E-state index in [1.165, 1.54) is 0 Å².